The predicted molar refractivity (Wildman–Crippen MR) is 34.6 cm³/mol. The van der Waals surface area contributed by atoms with Crippen LogP contribution in [-0.4, -0.2) is 37.3 Å². The summed E-state index contributed by atoms with van der Waals surface area (Å²) < 4.78 is 0. The van der Waals surface area contributed by atoms with Crippen LogP contribution >= 0.6 is 0 Å². The lowest BCUT2D eigenvalue weighted by molar-refractivity contribution is -0.0397. The lowest BCUT2D eigenvalue weighted by Gasteiger charge is -2.28. The molecule has 1 aliphatic heterocycles. The standard InChI is InChI=1S/C6H13N2O/c1-6(9)8-4-2-7-3-5-8/h6-7H,2-5H2,1H3. The smallest absolute Gasteiger partial charge is 0.143 e. The largest absolute Gasteiger partial charge is 0.314 e. The number of hydrogen-bond acceptors (Lipinski definition) is 2. The fourth-order valence-electron chi connectivity index (χ4n) is 1.05. The highest BCUT2D eigenvalue weighted by molar-refractivity contribution is 4.67. The highest BCUT2D eigenvalue weighted by atomic mass is 16.3. The molecule has 1 atom stereocenters. The molecule has 0 aliphatic carbocycles. The Balaban J connectivity index is 2.23. The van der Waals surface area contributed by atoms with E-state index in [-0.39, 0.29) is 0 Å². The number of piperazine rings is 1. The predicted octanol–water partition coefficient (Wildman–Crippen LogP) is -0.332. The van der Waals surface area contributed by atoms with Crippen molar-refractivity contribution in [3.8, 4) is 0 Å². The molecule has 0 spiro atoms. The number of nitrogens with zero attached hydrogens (tertiary/aromatic N) is 1. The SMILES string of the molecule is CC([O])N1CCNCC1. The zero-order chi connectivity index (χ0) is 6.69. The molecule has 1 fully saturated rings. The van der Waals surface area contributed by atoms with E-state index in [1.807, 2.05) is 4.90 Å². The second-order valence-electron chi connectivity index (χ2n) is 2.39. The molecule has 9 heavy (non-hydrogen) atoms. The average molecular weight is 129 g/mol. The molecule has 3 heteroatoms. The summed E-state index contributed by atoms with van der Waals surface area (Å²) >= 11 is 0. The van der Waals surface area contributed by atoms with Crippen molar-refractivity contribution in [3.63, 3.8) is 0 Å². The zero-order valence-corrected chi connectivity index (χ0v) is 5.76. The van der Waals surface area contributed by atoms with E-state index in [1.165, 1.54) is 0 Å². The van der Waals surface area contributed by atoms with E-state index in [0.29, 0.717) is 0 Å². The van der Waals surface area contributed by atoms with Crippen LogP contribution in [0.1, 0.15) is 6.92 Å². The van der Waals surface area contributed by atoms with E-state index >= 15 is 0 Å². The molecule has 1 radical (unpaired) electrons. The Morgan fingerprint density at radius 1 is 1.44 bits per heavy atom. The van der Waals surface area contributed by atoms with Gasteiger partial charge < -0.3 is 5.32 Å². The molecule has 1 aliphatic rings. The third-order valence-electron chi connectivity index (χ3n) is 1.67. The van der Waals surface area contributed by atoms with Crippen molar-refractivity contribution < 1.29 is 5.11 Å². The van der Waals surface area contributed by atoms with Crippen molar-refractivity contribution in [2.24, 2.45) is 0 Å². The van der Waals surface area contributed by atoms with E-state index in [2.05, 4.69) is 5.32 Å². The molecule has 0 aromatic rings. The minimum absolute atomic E-state index is 0.521. The lowest BCUT2D eigenvalue weighted by atomic mass is 10.3. The van der Waals surface area contributed by atoms with E-state index < -0.39 is 6.23 Å². The van der Waals surface area contributed by atoms with E-state index in [1.54, 1.807) is 6.92 Å². The van der Waals surface area contributed by atoms with Gasteiger partial charge in [-0.05, 0) is 6.92 Å². The van der Waals surface area contributed by atoms with Gasteiger partial charge in [-0.15, -0.1) is 0 Å². The summed E-state index contributed by atoms with van der Waals surface area (Å²) in [5, 5.41) is 14.0. The molecule has 1 rings (SSSR count). The van der Waals surface area contributed by atoms with Gasteiger partial charge in [0.25, 0.3) is 0 Å². The highest BCUT2D eigenvalue weighted by Crippen LogP contribution is 1.96. The van der Waals surface area contributed by atoms with Gasteiger partial charge in [0.1, 0.15) is 6.23 Å². The summed E-state index contributed by atoms with van der Waals surface area (Å²) in [4.78, 5) is 1.94. The molecule has 0 saturated carbocycles. The van der Waals surface area contributed by atoms with Gasteiger partial charge in [-0.25, -0.2) is 5.11 Å². The van der Waals surface area contributed by atoms with Crippen LogP contribution in [0.25, 0.3) is 0 Å². The lowest BCUT2D eigenvalue weighted by Crippen LogP contribution is -2.46. The Hall–Kier alpha value is -0.120. The van der Waals surface area contributed by atoms with E-state index in [0.717, 1.165) is 26.2 Å². The van der Waals surface area contributed by atoms with Crippen molar-refractivity contribution in [1.82, 2.24) is 10.2 Å². The van der Waals surface area contributed by atoms with Crippen molar-refractivity contribution >= 4 is 0 Å². The molecular formula is C6H13N2O. The van der Waals surface area contributed by atoms with Gasteiger partial charge in [-0.1, -0.05) is 0 Å². The third kappa shape index (κ3) is 1.93. The van der Waals surface area contributed by atoms with Crippen LogP contribution in [-0.2, 0) is 5.11 Å². The van der Waals surface area contributed by atoms with Crippen LogP contribution in [0.15, 0.2) is 0 Å². The van der Waals surface area contributed by atoms with Crippen molar-refractivity contribution in [3.05, 3.63) is 0 Å². The van der Waals surface area contributed by atoms with Gasteiger partial charge in [-0.3, -0.25) is 4.90 Å². The Bertz CT molecular complexity index is 79.1. The first-order valence-electron chi connectivity index (χ1n) is 3.41. The highest BCUT2D eigenvalue weighted by Gasteiger charge is 2.13. The molecule has 1 heterocycles. The molecule has 53 valence electrons. The Labute approximate surface area is 55.7 Å². The second-order valence-corrected chi connectivity index (χ2v) is 2.39. The molecule has 0 bridgehead atoms. The summed E-state index contributed by atoms with van der Waals surface area (Å²) in [5.74, 6) is 0. The Kier molecular flexibility index (Phi) is 2.45. The molecule has 0 aromatic carbocycles. The van der Waals surface area contributed by atoms with E-state index in [9.17, 15) is 5.11 Å². The van der Waals surface area contributed by atoms with Crippen LogP contribution in [0.5, 0.6) is 0 Å². The van der Waals surface area contributed by atoms with E-state index in [4.69, 9.17) is 0 Å². The van der Waals surface area contributed by atoms with Gasteiger partial charge in [0, 0.05) is 26.2 Å². The maximum absolute atomic E-state index is 10.8. The van der Waals surface area contributed by atoms with Crippen LogP contribution < -0.4 is 5.32 Å². The normalized spacial score (nSPS) is 26.0. The van der Waals surface area contributed by atoms with Crippen molar-refractivity contribution in [2.45, 2.75) is 13.2 Å². The number of nitrogens with one attached hydrogen (secondary N) is 1. The summed E-state index contributed by atoms with van der Waals surface area (Å²) in [6.45, 7) is 5.44. The minimum atomic E-state index is -0.521. The monoisotopic (exact) mass is 129 g/mol. The quantitative estimate of drug-likeness (QED) is 0.526. The number of hydrogen-bond donors (Lipinski definition) is 1. The third-order valence-corrected chi connectivity index (χ3v) is 1.67. The molecule has 0 amide bonds. The molecule has 3 nitrogen and oxygen atoms in total. The Morgan fingerprint density at radius 3 is 2.33 bits per heavy atom. The summed E-state index contributed by atoms with van der Waals surface area (Å²) in [5.41, 5.74) is 0. The zero-order valence-electron chi connectivity index (χ0n) is 5.76. The van der Waals surface area contributed by atoms with Crippen LogP contribution in [0.4, 0.5) is 0 Å². The van der Waals surface area contributed by atoms with Crippen molar-refractivity contribution in [1.29, 1.82) is 0 Å². The van der Waals surface area contributed by atoms with Gasteiger partial charge in [0.05, 0.1) is 0 Å². The molecule has 0 aromatic heterocycles. The van der Waals surface area contributed by atoms with Crippen molar-refractivity contribution in [2.75, 3.05) is 26.2 Å². The average Bonchev–Trinajstić information content (AvgIpc) is 1.90. The molecular weight excluding hydrogens is 116 g/mol. The summed E-state index contributed by atoms with van der Waals surface area (Å²) in [6, 6.07) is 0. The van der Waals surface area contributed by atoms with Crippen LogP contribution in [0, 0.1) is 0 Å². The summed E-state index contributed by atoms with van der Waals surface area (Å²) in [6.07, 6.45) is -0.521. The maximum atomic E-state index is 10.8. The van der Waals surface area contributed by atoms with Crippen LogP contribution in [0.2, 0.25) is 0 Å². The molecule has 1 unspecified atom stereocenters. The van der Waals surface area contributed by atoms with Crippen LogP contribution in [0.3, 0.4) is 0 Å². The first-order chi connectivity index (χ1) is 4.30. The molecule has 1 saturated heterocycles. The first kappa shape index (κ1) is 6.99. The fraction of sp³-hybridized carbons (Fsp3) is 1.00. The fourth-order valence-corrected chi connectivity index (χ4v) is 1.05. The molecule has 1 N–H and O–H groups in total. The topological polar surface area (TPSA) is 35.2 Å². The Morgan fingerprint density at radius 2 is 2.00 bits per heavy atom. The maximum Gasteiger partial charge on any atom is 0.143 e. The van der Waals surface area contributed by atoms with Gasteiger partial charge in [0.15, 0.2) is 0 Å². The second kappa shape index (κ2) is 3.15. The van der Waals surface area contributed by atoms with Gasteiger partial charge in [-0.2, -0.15) is 0 Å². The summed E-state index contributed by atoms with van der Waals surface area (Å²) in [7, 11) is 0. The number of rotatable bonds is 1. The first-order valence-corrected chi connectivity index (χ1v) is 3.41. The van der Waals surface area contributed by atoms with Gasteiger partial charge in [0.2, 0.25) is 0 Å². The van der Waals surface area contributed by atoms with Gasteiger partial charge >= 0.3 is 0 Å². The minimum Gasteiger partial charge on any atom is -0.314 e.